The van der Waals surface area contributed by atoms with Crippen molar-refractivity contribution >= 4 is 6.21 Å². The van der Waals surface area contributed by atoms with Crippen molar-refractivity contribution in [3.8, 4) is 5.88 Å². The van der Waals surface area contributed by atoms with Crippen molar-refractivity contribution in [1.82, 2.24) is 14.6 Å². The first-order valence-corrected chi connectivity index (χ1v) is 8.54. The zero-order chi connectivity index (χ0) is 17.6. The van der Waals surface area contributed by atoms with E-state index in [1.54, 1.807) is 0 Å². The fraction of sp³-hybridized carbons (Fsp3) is 0.389. The van der Waals surface area contributed by atoms with Crippen molar-refractivity contribution in [2.45, 2.75) is 32.2 Å². The molecule has 1 aromatic heterocycles. The van der Waals surface area contributed by atoms with Crippen LogP contribution in [0.2, 0.25) is 0 Å². The summed E-state index contributed by atoms with van der Waals surface area (Å²) in [7, 11) is 0. The van der Waals surface area contributed by atoms with Gasteiger partial charge < -0.3 is 5.11 Å². The van der Waals surface area contributed by atoms with Crippen LogP contribution < -0.4 is 11.2 Å². The van der Waals surface area contributed by atoms with Crippen molar-refractivity contribution in [1.29, 1.82) is 0 Å². The van der Waals surface area contributed by atoms with Gasteiger partial charge in [0.25, 0.3) is 5.56 Å². The molecule has 2 aromatic rings. The highest BCUT2D eigenvalue weighted by atomic mass is 16.3. The molecule has 7 heteroatoms. The lowest BCUT2D eigenvalue weighted by atomic mass is 10.1. The quantitative estimate of drug-likeness (QED) is 0.802. The van der Waals surface area contributed by atoms with E-state index < -0.39 is 11.2 Å². The molecule has 1 aliphatic heterocycles. The van der Waals surface area contributed by atoms with Crippen molar-refractivity contribution in [3.63, 3.8) is 0 Å². The molecule has 2 heterocycles. The van der Waals surface area contributed by atoms with Gasteiger partial charge in [0.15, 0.2) is 0 Å². The number of rotatable bonds is 5. The van der Waals surface area contributed by atoms with Crippen LogP contribution in [0.15, 0.2) is 45.0 Å². The third kappa shape index (κ3) is 4.17. The molecule has 7 nitrogen and oxygen atoms in total. The largest absolute Gasteiger partial charge is 0.494 e. The second-order valence-corrected chi connectivity index (χ2v) is 6.14. The molecule has 0 bridgehead atoms. The van der Waals surface area contributed by atoms with E-state index in [1.165, 1.54) is 17.2 Å². The molecule has 0 saturated carbocycles. The van der Waals surface area contributed by atoms with E-state index in [9.17, 15) is 14.7 Å². The van der Waals surface area contributed by atoms with Gasteiger partial charge in [0, 0.05) is 19.6 Å². The van der Waals surface area contributed by atoms with E-state index in [4.69, 9.17) is 0 Å². The molecule has 0 radical (unpaired) electrons. The number of hydrogen-bond acceptors (Lipinski definition) is 5. The number of aromatic nitrogens is 2. The monoisotopic (exact) mass is 342 g/mol. The van der Waals surface area contributed by atoms with Crippen LogP contribution in [0.5, 0.6) is 5.88 Å². The van der Waals surface area contributed by atoms with Crippen LogP contribution in [0.4, 0.5) is 0 Å². The molecule has 1 aliphatic rings. The van der Waals surface area contributed by atoms with Gasteiger partial charge in [-0.1, -0.05) is 30.3 Å². The Bertz CT molecular complexity index is 849. The Balaban J connectivity index is 1.82. The molecule has 3 rings (SSSR count). The van der Waals surface area contributed by atoms with Crippen LogP contribution in [0.3, 0.4) is 0 Å². The Morgan fingerprint density at radius 3 is 2.56 bits per heavy atom. The lowest BCUT2D eigenvalue weighted by Crippen LogP contribution is -2.33. The van der Waals surface area contributed by atoms with Crippen LogP contribution >= 0.6 is 0 Å². The maximum Gasteiger partial charge on any atom is 0.331 e. The highest BCUT2D eigenvalue weighted by molar-refractivity contribution is 5.81. The van der Waals surface area contributed by atoms with E-state index in [-0.39, 0.29) is 18.0 Å². The summed E-state index contributed by atoms with van der Waals surface area (Å²) in [5, 5.41) is 16.5. The topological polar surface area (TPSA) is 90.7 Å². The molecule has 0 spiro atoms. The van der Waals surface area contributed by atoms with Crippen LogP contribution in [-0.2, 0) is 13.0 Å². The molecule has 2 N–H and O–H groups in total. The van der Waals surface area contributed by atoms with E-state index in [0.29, 0.717) is 6.42 Å². The number of piperidine rings is 1. The minimum Gasteiger partial charge on any atom is -0.494 e. The van der Waals surface area contributed by atoms with Gasteiger partial charge in [-0.25, -0.2) is 4.79 Å². The highest BCUT2D eigenvalue weighted by Gasteiger charge is 2.14. The second kappa shape index (κ2) is 7.83. The van der Waals surface area contributed by atoms with E-state index in [0.717, 1.165) is 31.5 Å². The molecule has 1 aromatic carbocycles. The van der Waals surface area contributed by atoms with Crippen molar-refractivity contribution < 1.29 is 5.11 Å². The summed E-state index contributed by atoms with van der Waals surface area (Å²) >= 11 is 0. The number of H-pyrrole nitrogens is 1. The lowest BCUT2D eigenvalue weighted by Gasteiger charge is -2.23. The summed E-state index contributed by atoms with van der Waals surface area (Å²) in [6.07, 6.45) is 5.23. The number of aromatic amines is 1. The first-order valence-electron chi connectivity index (χ1n) is 8.54. The van der Waals surface area contributed by atoms with Gasteiger partial charge in [-0.05, 0) is 31.2 Å². The standard InChI is InChI=1S/C18H22N4O3/c23-16-15(13-19-21-10-5-2-6-11-21)17(24)22(18(25)20-16)12-9-14-7-3-1-4-8-14/h1,3-4,7-8,13,24H,2,5-6,9-12H2,(H,20,23,25). The Morgan fingerprint density at radius 2 is 1.84 bits per heavy atom. The predicted molar refractivity (Wildman–Crippen MR) is 96.2 cm³/mol. The van der Waals surface area contributed by atoms with Gasteiger partial charge >= 0.3 is 5.69 Å². The SMILES string of the molecule is O=c1[nH]c(=O)n(CCc2ccccc2)c(O)c1C=NN1CCCCC1. The Kier molecular flexibility index (Phi) is 5.33. The molecule has 0 atom stereocenters. The zero-order valence-electron chi connectivity index (χ0n) is 14.0. The van der Waals surface area contributed by atoms with Crippen molar-refractivity contribution in [2.24, 2.45) is 5.10 Å². The van der Waals surface area contributed by atoms with Crippen LogP contribution in [0.25, 0.3) is 0 Å². The van der Waals surface area contributed by atoms with Crippen LogP contribution in [-0.4, -0.2) is 39.0 Å². The first kappa shape index (κ1) is 17.0. The summed E-state index contributed by atoms with van der Waals surface area (Å²) < 4.78 is 1.17. The third-order valence-electron chi connectivity index (χ3n) is 4.36. The van der Waals surface area contributed by atoms with Gasteiger partial charge in [0.1, 0.15) is 5.56 Å². The fourth-order valence-corrected chi connectivity index (χ4v) is 2.92. The Morgan fingerprint density at radius 1 is 1.12 bits per heavy atom. The predicted octanol–water partition coefficient (Wildman–Crippen LogP) is 1.30. The smallest absolute Gasteiger partial charge is 0.331 e. The molecule has 0 unspecified atom stereocenters. The molecular formula is C18H22N4O3. The summed E-state index contributed by atoms with van der Waals surface area (Å²) in [5.41, 5.74) is -0.186. The molecular weight excluding hydrogens is 320 g/mol. The summed E-state index contributed by atoms with van der Waals surface area (Å²) in [4.78, 5) is 26.3. The average Bonchev–Trinajstić information content (AvgIpc) is 2.63. The molecule has 0 aliphatic carbocycles. The number of benzene rings is 1. The number of hydrogen-bond donors (Lipinski definition) is 2. The Hall–Kier alpha value is -2.83. The number of nitrogens with one attached hydrogen (secondary N) is 1. The zero-order valence-corrected chi connectivity index (χ0v) is 14.0. The minimum absolute atomic E-state index is 0.0123. The minimum atomic E-state index is -0.626. The van der Waals surface area contributed by atoms with Crippen molar-refractivity contribution in [3.05, 3.63) is 62.3 Å². The maximum absolute atomic E-state index is 12.0. The van der Waals surface area contributed by atoms with Crippen molar-refractivity contribution in [2.75, 3.05) is 13.1 Å². The number of aryl methyl sites for hydroxylation is 1. The molecule has 1 fully saturated rings. The molecule has 1 saturated heterocycles. The summed E-state index contributed by atoms with van der Waals surface area (Å²) in [5.74, 6) is -0.342. The van der Waals surface area contributed by atoms with Gasteiger partial charge in [-0.3, -0.25) is 19.4 Å². The number of nitrogens with zero attached hydrogens (tertiary/aromatic N) is 3. The lowest BCUT2D eigenvalue weighted by molar-refractivity contribution is 0.240. The normalized spacial score (nSPS) is 15.0. The average molecular weight is 342 g/mol. The third-order valence-corrected chi connectivity index (χ3v) is 4.36. The van der Waals surface area contributed by atoms with Gasteiger partial charge in [0.2, 0.25) is 5.88 Å². The Labute approximate surface area is 145 Å². The highest BCUT2D eigenvalue weighted by Crippen LogP contribution is 2.12. The van der Waals surface area contributed by atoms with E-state index >= 15 is 0 Å². The molecule has 0 amide bonds. The fourth-order valence-electron chi connectivity index (χ4n) is 2.92. The van der Waals surface area contributed by atoms with Crippen LogP contribution in [0, 0.1) is 0 Å². The second-order valence-electron chi connectivity index (χ2n) is 6.14. The number of hydrazone groups is 1. The van der Waals surface area contributed by atoms with E-state index in [1.807, 2.05) is 35.3 Å². The first-order chi connectivity index (χ1) is 12.1. The molecule has 25 heavy (non-hydrogen) atoms. The van der Waals surface area contributed by atoms with Gasteiger partial charge in [0.05, 0.1) is 6.21 Å². The number of aromatic hydroxyl groups is 1. The summed E-state index contributed by atoms with van der Waals surface area (Å²) in [6.45, 7) is 1.95. The van der Waals surface area contributed by atoms with Gasteiger partial charge in [-0.15, -0.1) is 0 Å². The maximum atomic E-state index is 12.0. The van der Waals surface area contributed by atoms with E-state index in [2.05, 4.69) is 10.1 Å². The van der Waals surface area contributed by atoms with Gasteiger partial charge in [-0.2, -0.15) is 5.10 Å². The summed E-state index contributed by atoms with van der Waals surface area (Å²) in [6, 6.07) is 9.66. The molecule has 132 valence electrons. The van der Waals surface area contributed by atoms with Crippen LogP contribution in [0.1, 0.15) is 30.4 Å².